The SMILES string of the molecule is COc1ccc2c(Cc3ccccc3)nc(Nc3cc(C)[nH]n3)cc2c1. The number of nitrogens with zero attached hydrogens (tertiary/aromatic N) is 2. The second-order valence-corrected chi connectivity index (χ2v) is 6.26. The minimum absolute atomic E-state index is 0.753. The molecule has 0 spiro atoms. The van der Waals surface area contributed by atoms with Crippen LogP contribution in [0.5, 0.6) is 5.75 Å². The molecule has 0 amide bonds. The summed E-state index contributed by atoms with van der Waals surface area (Å²) < 4.78 is 5.38. The van der Waals surface area contributed by atoms with Gasteiger partial charge < -0.3 is 10.1 Å². The number of H-pyrrole nitrogens is 1. The Morgan fingerprint density at radius 2 is 1.85 bits per heavy atom. The van der Waals surface area contributed by atoms with Gasteiger partial charge >= 0.3 is 0 Å². The first-order valence-electron chi connectivity index (χ1n) is 8.52. The lowest BCUT2D eigenvalue weighted by molar-refractivity contribution is 0.415. The highest BCUT2D eigenvalue weighted by Crippen LogP contribution is 2.28. The van der Waals surface area contributed by atoms with Crippen LogP contribution in [0.3, 0.4) is 0 Å². The van der Waals surface area contributed by atoms with E-state index in [-0.39, 0.29) is 0 Å². The fraction of sp³-hybridized carbons (Fsp3) is 0.143. The van der Waals surface area contributed by atoms with E-state index in [1.54, 1.807) is 7.11 Å². The maximum absolute atomic E-state index is 5.38. The summed E-state index contributed by atoms with van der Waals surface area (Å²) in [5, 5.41) is 12.7. The van der Waals surface area contributed by atoms with Crippen LogP contribution in [0, 0.1) is 6.92 Å². The van der Waals surface area contributed by atoms with Gasteiger partial charge in [0.1, 0.15) is 11.6 Å². The van der Waals surface area contributed by atoms with Gasteiger partial charge in [0.25, 0.3) is 0 Å². The summed E-state index contributed by atoms with van der Waals surface area (Å²) in [6, 6.07) is 20.4. The van der Waals surface area contributed by atoms with Crippen molar-refractivity contribution in [3.8, 4) is 5.75 Å². The number of aryl methyl sites for hydroxylation is 1. The van der Waals surface area contributed by atoms with Crippen LogP contribution in [0.25, 0.3) is 10.8 Å². The molecule has 0 fully saturated rings. The molecule has 2 heterocycles. The van der Waals surface area contributed by atoms with E-state index in [9.17, 15) is 0 Å². The van der Waals surface area contributed by atoms with Gasteiger partial charge in [-0.3, -0.25) is 5.10 Å². The summed E-state index contributed by atoms with van der Waals surface area (Å²) in [5.74, 6) is 2.35. The molecule has 0 atom stereocenters. The highest BCUT2D eigenvalue weighted by atomic mass is 16.5. The van der Waals surface area contributed by atoms with Crippen LogP contribution >= 0.6 is 0 Å². The molecule has 5 heteroatoms. The molecule has 0 aliphatic heterocycles. The van der Waals surface area contributed by atoms with Gasteiger partial charge in [0.2, 0.25) is 0 Å². The van der Waals surface area contributed by atoms with E-state index in [0.717, 1.165) is 46.0 Å². The molecule has 2 aromatic heterocycles. The Morgan fingerprint density at radius 3 is 2.58 bits per heavy atom. The van der Waals surface area contributed by atoms with Crippen molar-refractivity contribution in [2.45, 2.75) is 13.3 Å². The van der Waals surface area contributed by atoms with Crippen molar-refractivity contribution in [3.05, 3.63) is 77.6 Å². The first-order valence-corrected chi connectivity index (χ1v) is 8.52. The van der Waals surface area contributed by atoms with Gasteiger partial charge in [-0.1, -0.05) is 30.3 Å². The Hall–Kier alpha value is -3.34. The second-order valence-electron chi connectivity index (χ2n) is 6.26. The third kappa shape index (κ3) is 3.37. The van der Waals surface area contributed by atoms with E-state index >= 15 is 0 Å². The number of pyridine rings is 1. The van der Waals surface area contributed by atoms with Crippen LogP contribution < -0.4 is 10.1 Å². The van der Waals surface area contributed by atoms with E-state index in [1.807, 2.05) is 37.3 Å². The predicted molar refractivity (Wildman–Crippen MR) is 104 cm³/mol. The molecule has 4 aromatic rings. The highest BCUT2D eigenvalue weighted by molar-refractivity contribution is 5.88. The first-order chi connectivity index (χ1) is 12.7. The van der Waals surface area contributed by atoms with Crippen LogP contribution in [0.2, 0.25) is 0 Å². The summed E-state index contributed by atoms with van der Waals surface area (Å²) in [5.41, 5.74) is 3.25. The number of rotatable bonds is 5. The van der Waals surface area contributed by atoms with E-state index < -0.39 is 0 Å². The smallest absolute Gasteiger partial charge is 0.153 e. The number of hydrogen-bond acceptors (Lipinski definition) is 4. The van der Waals surface area contributed by atoms with Crippen LogP contribution in [0.1, 0.15) is 17.0 Å². The van der Waals surface area contributed by atoms with Crippen molar-refractivity contribution < 1.29 is 4.74 Å². The molecular weight excluding hydrogens is 324 g/mol. The predicted octanol–water partition coefficient (Wildman–Crippen LogP) is 4.61. The lowest BCUT2D eigenvalue weighted by atomic mass is 10.0. The zero-order valence-electron chi connectivity index (χ0n) is 14.8. The molecule has 130 valence electrons. The fourth-order valence-corrected chi connectivity index (χ4v) is 3.04. The normalized spacial score (nSPS) is 10.8. The van der Waals surface area contributed by atoms with Crippen LogP contribution in [-0.2, 0) is 6.42 Å². The highest BCUT2D eigenvalue weighted by Gasteiger charge is 2.10. The number of anilines is 2. The minimum atomic E-state index is 0.753. The average Bonchev–Trinajstić information content (AvgIpc) is 3.06. The summed E-state index contributed by atoms with van der Waals surface area (Å²) in [6.07, 6.45) is 0.763. The van der Waals surface area contributed by atoms with E-state index in [1.165, 1.54) is 5.56 Å². The number of aromatic amines is 1. The Labute approximate surface area is 152 Å². The molecule has 0 unspecified atom stereocenters. The lowest BCUT2D eigenvalue weighted by Gasteiger charge is -2.11. The maximum atomic E-state index is 5.38. The topological polar surface area (TPSA) is 62.8 Å². The maximum Gasteiger partial charge on any atom is 0.153 e. The molecular formula is C21H20N4O. The van der Waals surface area contributed by atoms with Crippen molar-refractivity contribution in [1.82, 2.24) is 15.2 Å². The van der Waals surface area contributed by atoms with Crippen molar-refractivity contribution in [1.29, 1.82) is 0 Å². The molecule has 0 saturated heterocycles. The quantitative estimate of drug-likeness (QED) is 0.555. The van der Waals surface area contributed by atoms with Gasteiger partial charge in [0.05, 0.1) is 12.8 Å². The van der Waals surface area contributed by atoms with Crippen molar-refractivity contribution in [2.24, 2.45) is 0 Å². The summed E-state index contributed by atoms with van der Waals surface area (Å²) in [4.78, 5) is 4.85. The van der Waals surface area contributed by atoms with Crippen molar-refractivity contribution >= 4 is 22.4 Å². The number of ether oxygens (including phenoxy) is 1. The van der Waals surface area contributed by atoms with E-state index in [2.05, 4.69) is 45.8 Å². The Kier molecular flexibility index (Phi) is 4.27. The largest absolute Gasteiger partial charge is 0.497 e. The third-order valence-corrected chi connectivity index (χ3v) is 4.29. The lowest BCUT2D eigenvalue weighted by Crippen LogP contribution is -2.00. The van der Waals surface area contributed by atoms with Gasteiger partial charge in [-0.2, -0.15) is 5.10 Å². The summed E-state index contributed by atoms with van der Waals surface area (Å²) in [7, 11) is 1.68. The molecule has 0 aliphatic rings. The molecule has 5 nitrogen and oxygen atoms in total. The van der Waals surface area contributed by atoms with Gasteiger partial charge in [0.15, 0.2) is 5.82 Å². The van der Waals surface area contributed by atoms with Gasteiger partial charge in [-0.05, 0) is 42.1 Å². The zero-order valence-corrected chi connectivity index (χ0v) is 14.8. The Morgan fingerprint density at radius 1 is 1.00 bits per heavy atom. The van der Waals surface area contributed by atoms with E-state index in [0.29, 0.717) is 0 Å². The minimum Gasteiger partial charge on any atom is -0.497 e. The molecule has 0 bridgehead atoms. The van der Waals surface area contributed by atoms with E-state index in [4.69, 9.17) is 9.72 Å². The van der Waals surface area contributed by atoms with Crippen molar-refractivity contribution in [3.63, 3.8) is 0 Å². The van der Waals surface area contributed by atoms with Gasteiger partial charge in [-0.15, -0.1) is 0 Å². The zero-order chi connectivity index (χ0) is 17.9. The first kappa shape index (κ1) is 16.1. The number of hydrogen-bond donors (Lipinski definition) is 2. The molecule has 2 N–H and O–H groups in total. The third-order valence-electron chi connectivity index (χ3n) is 4.29. The molecule has 0 radical (unpaired) electrons. The average molecular weight is 344 g/mol. The number of aromatic nitrogens is 3. The molecule has 26 heavy (non-hydrogen) atoms. The number of benzene rings is 2. The molecule has 0 aliphatic carbocycles. The van der Waals surface area contributed by atoms with Crippen molar-refractivity contribution in [2.75, 3.05) is 12.4 Å². The van der Waals surface area contributed by atoms with Gasteiger partial charge in [-0.25, -0.2) is 4.98 Å². The monoisotopic (exact) mass is 344 g/mol. The summed E-state index contributed by atoms with van der Waals surface area (Å²) in [6.45, 7) is 1.97. The molecule has 2 aromatic carbocycles. The molecule has 4 rings (SSSR count). The Bertz CT molecular complexity index is 1040. The van der Waals surface area contributed by atoms with Crippen LogP contribution in [0.15, 0.2) is 60.7 Å². The number of methoxy groups -OCH3 is 1. The fourth-order valence-electron chi connectivity index (χ4n) is 3.04. The standard InChI is InChI=1S/C21H20N4O/c1-14-10-21(25-24-14)23-20-13-16-12-17(26-2)8-9-18(16)19(22-20)11-15-6-4-3-5-7-15/h3-10,12-13H,11H2,1-2H3,(H2,22,23,24,25). The number of nitrogens with one attached hydrogen (secondary N) is 2. The molecule has 0 saturated carbocycles. The van der Waals surface area contributed by atoms with Crippen LogP contribution in [-0.4, -0.2) is 22.3 Å². The Balaban J connectivity index is 1.79. The number of fused-ring (bicyclic) bond motifs is 1. The van der Waals surface area contributed by atoms with Crippen LogP contribution in [0.4, 0.5) is 11.6 Å². The van der Waals surface area contributed by atoms with Gasteiger partial charge in [0, 0.05) is 23.6 Å². The second kappa shape index (κ2) is 6.88. The summed E-state index contributed by atoms with van der Waals surface area (Å²) >= 11 is 0.